The lowest BCUT2D eigenvalue weighted by Crippen LogP contribution is -2.36. The molecule has 0 radical (unpaired) electrons. The number of hydrazine groups is 1. The Morgan fingerprint density at radius 3 is 2.70 bits per heavy atom. The lowest BCUT2D eigenvalue weighted by molar-refractivity contribution is 0.329. The summed E-state index contributed by atoms with van der Waals surface area (Å²) in [4.78, 5) is 4.39. The minimum atomic E-state index is 0.177. The summed E-state index contributed by atoms with van der Waals surface area (Å²) in [7, 11) is 0. The van der Waals surface area contributed by atoms with Gasteiger partial charge in [0.25, 0.3) is 0 Å². The van der Waals surface area contributed by atoms with Crippen LogP contribution in [-0.4, -0.2) is 4.98 Å². The molecule has 1 aliphatic carbocycles. The number of nitrogens with zero attached hydrogens (tertiary/aromatic N) is 1. The van der Waals surface area contributed by atoms with Crippen molar-refractivity contribution in [3.05, 3.63) is 65.0 Å². The molecule has 1 aliphatic rings. The second-order valence-electron chi connectivity index (χ2n) is 5.65. The molecule has 3 rings (SSSR count). The predicted molar refractivity (Wildman–Crippen MR) is 81.0 cm³/mol. The number of hydrogen-bond acceptors (Lipinski definition) is 3. The molecule has 0 fully saturated rings. The van der Waals surface area contributed by atoms with Crippen LogP contribution in [0.3, 0.4) is 0 Å². The van der Waals surface area contributed by atoms with Crippen molar-refractivity contribution in [2.75, 3.05) is 0 Å². The van der Waals surface area contributed by atoms with E-state index in [-0.39, 0.29) is 6.04 Å². The molecule has 3 nitrogen and oxygen atoms in total. The summed E-state index contributed by atoms with van der Waals surface area (Å²) >= 11 is 0. The van der Waals surface area contributed by atoms with Crippen LogP contribution in [0.1, 0.15) is 34.8 Å². The Morgan fingerprint density at radius 2 is 2.00 bits per heavy atom. The summed E-state index contributed by atoms with van der Waals surface area (Å²) in [6.07, 6.45) is 5.33. The van der Waals surface area contributed by atoms with Gasteiger partial charge in [-0.2, -0.15) is 0 Å². The highest BCUT2D eigenvalue weighted by Crippen LogP contribution is 2.33. The maximum absolute atomic E-state index is 5.82. The molecule has 0 amide bonds. The number of nitrogens with two attached hydrogens (primary N) is 1. The molecule has 1 aromatic carbocycles. The molecule has 0 bridgehead atoms. The smallest absolute Gasteiger partial charge is 0.0506 e. The summed E-state index contributed by atoms with van der Waals surface area (Å²) in [5.41, 5.74) is 8.17. The monoisotopic (exact) mass is 267 g/mol. The summed E-state index contributed by atoms with van der Waals surface area (Å²) in [6.45, 7) is 2.01. The van der Waals surface area contributed by atoms with Gasteiger partial charge in [-0.3, -0.25) is 16.3 Å². The van der Waals surface area contributed by atoms with Crippen molar-refractivity contribution in [1.82, 2.24) is 10.4 Å². The second-order valence-corrected chi connectivity index (χ2v) is 5.65. The number of fused-ring (bicyclic) bond motifs is 1. The van der Waals surface area contributed by atoms with Crippen molar-refractivity contribution >= 4 is 0 Å². The summed E-state index contributed by atoms with van der Waals surface area (Å²) in [5.74, 6) is 6.34. The molecule has 2 atom stereocenters. The SMILES string of the molecule is Cc1ccc(C(NN)C2CCc3ccccc3C2)cn1. The zero-order chi connectivity index (χ0) is 13.9. The maximum atomic E-state index is 5.82. The fourth-order valence-corrected chi connectivity index (χ4v) is 3.18. The first kappa shape index (κ1) is 13.3. The topological polar surface area (TPSA) is 50.9 Å². The molecular weight excluding hydrogens is 246 g/mol. The van der Waals surface area contributed by atoms with E-state index in [1.54, 1.807) is 0 Å². The number of aromatic nitrogens is 1. The van der Waals surface area contributed by atoms with Gasteiger partial charge in [0.15, 0.2) is 0 Å². The standard InChI is InChI=1S/C17H21N3/c1-12-6-7-16(11-19-12)17(20-18)15-9-8-13-4-2-3-5-14(13)10-15/h2-7,11,15,17,20H,8-10,18H2,1H3. The molecule has 0 saturated heterocycles. The first-order valence-electron chi connectivity index (χ1n) is 7.23. The van der Waals surface area contributed by atoms with E-state index in [0.717, 1.165) is 18.5 Å². The molecule has 2 unspecified atom stereocenters. The van der Waals surface area contributed by atoms with Gasteiger partial charge >= 0.3 is 0 Å². The third-order valence-electron chi connectivity index (χ3n) is 4.33. The molecule has 3 heteroatoms. The van der Waals surface area contributed by atoms with Crippen molar-refractivity contribution in [1.29, 1.82) is 0 Å². The summed E-state index contributed by atoms with van der Waals surface area (Å²) < 4.78 is 0. The van der Waals surface area contributed by atoms with Gasteiger partial charge in [-0.1, -0.05) is 30.3 Å². The molecule has 1 aromatic heterocycles. The van der Waals surface area contributed by atoms with Crippen molar-refractivity contribution in [3.63, 3.8) is 0 Å². The van der Waals surface area contributed by atoms with E-state index < -0.39 is 0 Å². The van der Waals surface area contributed by atoms with Gasteiger partial charge in [0, 0.05) is 11.9 Å². The Morgan fingerprint density at radius 1 is 1.20 bits per heavy atom. The van der Waals surface area contributed by atoms with E-state index in [1.807, 2.05) is 13.1 Å². The third-order valence-corrected chi connectivity index (χ3v) is 4.33. The average molecular weight is 267 g/mol. The van der Waals surface area contributed by atoms with Crippen molar-refractivity contribution in [2.24, 2.45) is 11.8 Å². The largest absolute Gasteiger partial charge is 0.271 e. The van der Waals surface area contributed by atoms with E-state index in [4.69, 9.17) is 5.84 Å². The highest BCUT2D eigenvalue weighted by Gasteiger charge is 2.26. The van der Waals surface area contributed by atoms with Gasteiger partial charge < -0.3 is 0 Å². The summed E-state index contributed by atoms with van der Waals surface area (Å²) in [5, 5.41) is 0. The van der Waals surface area contributed by atoms with E-state index in [0.29, 0.717) is 5.92 Å². The zero-order valence-corrected chi connectivity index (χ0v) is 11.8. The Labute approximate surface area is 120 Å². The van der Waals surface area contributed by atoms with Crippen LogP contribution in [0.4, 0.5) is 0 Å². The Kier molecular flexibility index (Phi) is 3.81. The number of pyridine rings is 1. The van der Waals surface area contributed by atoms with Crippen LogP contribution in [0.2, 0.25) is 0 Å². The van der Waals surface area contributed by atoms with Crippen molar-refractivity contribution in [3.8, 4) is 0 Å². The predicted octanol–water partition coefficient (Wildman–Crippen LogP) is 2.70. The molecule has 0 saturated carbocycles. The number of rotatable bonds is 3. The van der Waals surface area contributed by atoms with Gasteiger partial charge in [-0.05, 0) is 54.9 Å². The third kappa shape index (κ3) is 2.60. The van der Waals surface area contributed by atoms with Crippen LogP contribution in [-0.2, 0) is 12.8 Å². The molecule has 1 heterocycles. The van der Waals surface area contributed by atoms with E-state index >= 15 is 0 Å². The highest BCUT2D eigenvalue weighted by molar-refractivity contribution is 5.31. The lowest BCUT2D eigenvalue weighted by atomic mass is 9.78. The van der Waals surface area contributed by atoms with E-state index in [1.165, 1.54) is 23.1 Å². The first-order chi connectivity index (χ1) is 9.78. The molecule has 3 N–H and O–H groups in total. The lowest BCUT2D eigenvalue weighted by Gasteiger charge is -2.31. The Hall–Kier alpha value is -1.71. The van der Waals surface area contributed by atoms with Crippen LogP contribution in [0.5, 0.6) is 0 Å². The van der Waals surface area contributed by atoms with Gasteiger partial charge in [0.1, 0.15) is 0 Å². The minimum absolute atomic E-state index is 0.177. The van der Waals surface area contributed by atoms with Crippen LogP contribution in [0, 0.1) is 12.8 Å². The fourth-order valence-electron chi connectivity index (χ4n) is 3.18. The normalized spacial score (nSPS) is 19.4. The molecule has 0 spiro atoms. The quantitative estimate of drug-likeness (QED) is 0.664. The van der Waals surface area contributed by atoms with E-state index in [9.17, 15) is 0 Å². The van der Waals surface area contributed by atoms with Crippen LogP contribution < -0.4 is 11.3 Å². The van der Waals surface area contributed by atoms with Crippen molar-refractivity contribution < 1.29 is 0 Å². The van der Waals surface area contributed by atoms with Gasteiger partial charge in [0.2, 0.25) is 0 Å². The maximum Gasteiger partial charge on any atom is 0.0506 e. The minimum Gasteiger partial charge on any atom is -0.271 e. The molecule has 0 aliphatic heterocycles. The molecule has 20 heavy (non-hydrogen) atoms. The Bertz CT molecular complexity index is 577. The second kappa shape index (κ2) is 5.73. The fraction of sp³-hybridized carbons (Fsp3) is 0.353. The van der Waals surface area contributed by atoms with Crippen LogP contribution >= 0.6 is 0 Å². The zero-order valence-electron chi connectivity index (χ0n) is 11.8. The molecule has 104 valence electrons. The van der Waals surface area contributed by atoms with Gasteiger partial charge in [0.05, 0.1) is 6.04 Å². The van der Waals surface area contributed by atoms with Gasteiger partial charge in [-0.25, -0.2) is 0 Å². The van der Waals surface area contributed by atoms with Gasteiger partial charge in [-0.15, -0.1) is 0 Å². The summed E-state index contributed by atoms with van der Waals surface area (Å²) in [6, 6.07) is 13.1. The number of nitrogens with one attached hydrogen (secondary N) is 1. The van der Waals surface area contributed by atoms with E-state index in [2.05, 4.69) is 46.8 Å². The number of hydrogen-bond donors (Lipinski definition) is 2. The first-order valence-corrected chi connectivity index (χ1v) is 7.23. The average Bonchev–Trinajstić information content (AvgIpc) is 2.50. The Balaban J connectivity index is 1.83. The molecular formula is C17H21N3. The number of aryl methyl sites for hydroxylation is 2. The van der Waals surface area contributed by atoms with Crippen molar-refractivity contribution in [2.45, 2.75) is 32.2 Å². The molecule has 2 aromatic rings. The number of benzene rings is 1. The highest BCUT2D eigenvalue weighted by atomic mass is 15.2. The van der Waals surface area contributed by atoms with Crippen LogP contribution in [0.25, 0.3) is 0 Å². The van der Waals surface area contributed by atoms with Crippen LogP contribution in [0.15, 0.2) is 42.6 Å².